The summed E-state index contributed by atoms with van der Waals surface area (Å²) in [7, 11) is -3.57. The van der Waals surface area contributed by atoms with E-state index in [-0.39, 0.29) is 18.2 Å². The van der Waals surface area contributed by atoms with Gasteiger partial charge in [0.2, 0.25) is 10.0 Å². The zero-order valence-electron chi connectivity index (χ0n) is 15.7. The summed E-state index contributed by atoms with van der Waals surface area (Å²) in [6.45, 7) is 2.61. The van der Waals surface area contributed by atoms with Crippen LogP contribution in [-0.4, -0.2) is 25.2 Å². The Kier molecular flexibility index (Phi) is 5.33. The number of sulfonamides is 1. The van der Waals surface area contributed by atoms with Gasteiger partial charge in [-0.2, -0.15) is 4.31 Å². The van der Waals surface area contributed by atoms with Gasteiger partial charge in [0.05, 0.1) is 4.90 Å². The molecule has 0 saturated carbocycles. The molecule has 8 heteroatoms. The molecular weight excluding hydrogens is 456 g/mol. The molecule has 4 rings (SSSR count). The standard InChI is InChI=1S/C21H19BrN2O4S/c1-14-2-6-18(7-3-14)29(26,27)24-11-10-15-4-5-17(12-16(15)13-24)23-21(25)19-8-9-20(22)28-19/h2-9,12H,10-11,13H2,1H3,(H,23,25). The molecule has 0 atom stereocenters. The summed E-state index contributed by atoms with van der Waals surface area (Å²) < 4.78 is 33.2. The van der Waals surface area contributed by atoms with Crippen molar-refractivity contribution in [3.05, 3.63) is 81.7 Å². The van der Waals surface area contributed by atoms with Crippen LogP contribution >= 0.6 is 15.9 Å². The molecule has 0 bridgehead atoms. The molecule has 1 aliphatic rings. The summed E-state index contributed by atoms with van der Waals surface area (Å²) in [6.07, 6.45) is 0.625. The zero-order valence-corrected chi connectivity index (χ0v) is 18.1. The van der Waals surface area contributed by atoms with Gasteiger partial charge in [-0.3, -0.25) is 4.79 Å². The van der Waals surface area contributed by atoms with Crippen LogP contribution in [0.1, 0.15) is 27.2 Å². The van der Waals surface area contributed by atoms with E-state index in [0.29, 0.717) is 28.2 Å². The van der Waals surface area contributed by atoms with Gasteiger partial charge in [-0.25, -0.2) is 8.42 Å². The molecule has 0 spiro atoms. The Morgan fingerprint density at radius 3 is 2.52 bits per heavy atom. The van der Waals surface area contributed by atoms with Gasteiger partial charge in [0.25, 0.3) is 5.91 Å². The molecule has 3 aromatic rings. The highest BCUT2D eigenvalue weighted by Crippen LogP contribution is 2.27. The van der Waals surface area contributed by atoms with Crippen molar-refractivity contribution in [3.63, 3.8) is 0 Å². The van der Waals surface area contributed by atoms with Gasteiger partial charge in [-0.15, -0.1) is 0 Å². The lowest BCUT2D eigenvalue weighted by molar-refractivity contribution is 0.0995. The Balaban J connectivity index is 1.55. The fourth-order valence-corrected chi connectivity index (χ4v) is 5.03. The predicted octanol–water partition coefficient (Wildman–Crippen LogP) is 4.35. The van der Waals surface area contributed by atoms with E-state index in [1.54, 1.807) is 36.4 Å². The van der Waals surface area contributed by atoms with Crippen LogP contribution in [0.2, 0.25) is 0 Å². The molecule has 1 aliphatic heterocycles. The van der Waals surface area contributed by atoms with Crippen LogP contribution in [0, 0.1) is 6.92 Å². The minimum absolute atomic E-state index is 0.193. The first kappa shape index (κ1) is 19.9. The summed E-state index contributed by atoms with van der Waals surface area (Å²) in [6, 6.07) is 15.7. The van der Waals surface area contributed by atoms with E-state index < -0.39 is 10.0 Å². The Labute approximate surface area is 177 Å². The number of nitrogens with zero attached hydrogens (tertiary/aromatic N) is 1. The fourth-order valence-electron chi connectivity index (χ4n) is 3.30. The number of fused-ring (bicyclic) bond motifs is 1. The number of carbonyl (C=O) groups is 1. The lowest BCUT2D eigenvalue weighted by Crippen LogP contribution is -2.36. The monoisotopic (exact) mass is 474 g/mol. The second-order valence-electron chi connectivity index (χ2n) is 6.94. The van der Waals surface area contributed by atoms with Gasteiger partial charge in [-0.1, -0.05) is 23.8 Å². The summed E-state index contributed by atoms with van der Waals surface area (Å²) in [5.41, 5.74) is 3.57. The summed E-state index contributed by atoms with van der Waals surface area (Å²) in [4.78, 5) is 12.6. The lowest BCUT2D eigenvalue weighted by atomic mass is 10.0. The van der Waals surface area contributed by atoms with Crippen LogP contribution in [-0.2, 0) is 23.0 Å². The van der Waals surface area contributed by atoms with E-state index in [1.807, 2.05) is 25.1 Å². The minimum atomic E-state index is -3.57. The quantitative estimate of drug-likeness (QED) is 0.609. The SMILES string of the molecule is Cc1ccc(S(=O)(=O)N2CCc3ccc(NC(=O)c4ccc(Br)o4)cc3C2)cc1. The third-order valence-electron chi connectivity index (χ3n) is 4.90. The van der Waals surface area contributed by atoms with Gasteiger partial charge in [0, 0.05) is 18.8 Å². The van der Waals surface area contributed by atoms with E-state index in [1.165, 1.54) is 4.31 Å². The molecule has 1 amide bonds. The van der Waals surface area contributed by atoms with Crippen LogP contribution in [0.25, 0.3) is 0 Å². The Morgan fingerprint density at radius 1 is 1.07 bits per heavy atom. The van der Waals surface area contributed by atoms with Crippen molar-refractivity contribution in [1.82, 2.24) is 4.31 Å². The number of amides is 1. The minimum Gasteiger partial charge on any atom is -0.444 e. The smallest absolute Gasteiger partial charge is 0.291 e. The number of anilines is 1. The number of aryl methyl sites for hydroxylation is 1. The third-order valence-corrected chi connectivity index (χ3v) is 7.18. The average Bonchev–Trinajstić information content (AvgIpc) is 3.14. The van der Waals surface area contributed by atoms with Crippen molar-refractivity contribution in [1.29, 1.82) is 0 Å². The van der Waals surface area contributed by atoms with Gasteiger partial charge in [0.1, 0.15) is 0 Å². The van der Waals surface area contributed by atoms with Gasteiger partial charge < -0.3 is 9.73 Å². The number of rotatable bonds is 4. The Bertz CT molecular complexity index is 1170. The molecule has 2 heterocycles. The molecule has 0 aliphatic carbocycles. The van der Waals surface area contributed by atoms with E-state index >= 15 is 0 Å². The van der Waals surface area contributed by atoms with Crippen molar-refractivity contribution in [2.24, 2.45) is 0 Å². The van der Waals surface area contributed by atoms with Crippen LogP contribution in [0.4, 0.5) is 5.69 Å². The van der Waals surface area contributed by atoms with Crippen LogP contribution < -0.4 is 5.32 Å². The van der Waals surface area contributed by atoms with E-state index in [2.05, 4.69) is 21.2 Å². The fraction of sp³-hybridized carbons (Fsp3) is 0.190. The molecule has 1 aromatic heterocycles. The lowest BCUT2D eigenvalue weighted by Gasteiger charge is -2.28. The summed E-state index contributed by atoms with van der Waals surface area (Å²) in [5.74, 6) is -0.172. The molecular formula is C21H19BrN2O4S. The first-order valence-corrected chi connectivity index (χ1v) is 11.3. The second-order valence-corrected chi connectivity index (χ2v) is 9.66. The van der Waals surface area contributed by atoms with E-state index in [9.17, 15) is 13.2 Å². The first-order valence-electron chi connectivity index (χ1n) is 9.08. The van der Waals surface area contributed by atoms with Gasteiger partial charge >= 0.3 is 0 Å². The van der Waals surface area contributed by atoms with Crippen molar-refractivity contribution in [2.45, 2.75) is 24.8 Å². The number of benzene rings is 2. The van der Waals surface area contributed by atoms with Crippen molar-refractivity contribution in [3.8, 4) is 0 Å². The maximum atomic E-state index is 13.0. The number of hydrogen-bond donors (Lipinski definition) is 1. The summed E-state index contributed by atoms with van der Waals surface area (Å²) in [5, 5.41) is 2.79. The maximum absolute atomic E-state index is 13.0. The van der Waals surface area contributed by atoms with Crippen molar-refractivity contribution in [2.75, 3.05) is 11.9 Å². The van der Waals surface area contributed by atoms with Gasteiger partial charge in [-0.05, 0) is 76.8 Å². The van der Waals surface area contributed by atoms with Crippen LogP contribution in [0.15, 0.2) is 68.6 Å². The highest BCUT2D eigenvalue weighted by atomic mass is 79.9. The predicted molar refractivity (Wildman–Crippen MR) is 113 cm³/mol. The molecule has 0 saturated heterocycles. The molecule has 6 nitrogen and oxygen atoms in total. The van der Waals surface area contributed by atoms with Gasteiger partial charge in [0.15, 0.2) is 10.4 Å². The van der Waals surface area contributed by atoms with Crippen molar-refractivity contribution < 1.29 is 17.6 Å². The second kappa shape index (κ2) is 7.78. The van der Waals surface area contributed by atoms with Crippen LogP contribution in [0.3, 0.4) is 0 Å². The molecule has 29 heavy (non-hydrogen) atoms. The zero-order chi connectivity index (χ0) is 20.6. The third kappa shape index (κ3) is 4.14. The number of furan rings is 1. The highest BCUT2D eigenvalue weighted by molar-refractivity contribution is 9.10. The largest absolute Gasteiger partial charge is 0.444 e. The Hall–Kier alpha value is -2.42. The number of hydrogen-bond acceptors (Lipinski definition) is 4. The normalized spacial score (nSPS) is 14.4. The Morgan fingerprint density at radius 2 is 1.83 bits per heavy atom. The number of halogens is 1. The molecule has 0 fully saturated rings. The van der Waals surface area contributed by atoms with E-state index in [0.717, 1.165) is 16.7 Å². The molecule has 1 N–H and O–H groups in total. The maximum Gasteiger partial charge on any atom is 0.291 e. The topological polar surface area (TPSA) is 79.6 Å². The van der Waals surface area contributed by atoms with Crippen LogP contribution in [0.5, 0.6) is 0 Å². The molecule has 150 valence electrons. The highest BCUT2D eigenvalue weighted by Gasteiger charge is 2.28. The number of carbonyl (C=O) groups excluding carboxylic acids is 1. The summed E-state index contributed by atoms with van der Waals surface area (Å²) >= 11 is 3.17. The average molecular weight is 475 g/mol. The van der Waals surface area contributed by atoms with E-state index in [4.69, 9.17) is 4.42 Å². The number of nitrogens with one attached hydrogen (secondary N) is 1. The molecule has 2 aromatic carbocycles. The van der Waals surface area contributed by atoms with Crippen molar-refractivity contribution >= 4 is 37.5 Å². The molecule has 0 radical (unpaired) electrons. The molecule has 0 unspecified atom stereocenters. The first-order chi connectivity index (χ1) is 13.8.